The SMILES string of the molecule is CSc1ccc(S(=O)(=O)N2CCC3C(C2)OCc2cnnn23)cc1. The van der Waals surface area contributed by atoms with Crippen molar-refractivity contribution in [1.29, 1.82) is 0 Å². The van der Waals surface area contributed by atoms with E-state index in [-0.39, 0.29) is 12.1 Å². The van der Waals surface area contributed by atoms with Gasteiger partial charge in [0.15, 0.2) is 0 Å². The third-order valence-corrected chi connectivity index (χ3v) is 7.22. The number of hydrogen-bond donors (Lipinski definition) is 0. The Bertz CT molecular complexity index is 835. The highest BCUT2D eigenvalue weighted by atomic mass is 32.2. The molecule has 2 aliphatic heterocycles. The van der Waals surface area contributed by atoms with Crippen molar-refractivity contribution in [3.05, 3.63) is 36.2 Å². The zero-order valence-corrected chi connectivity index (χ0v) is 14.8. The molecule has 2 aliphatic rings. The molecule has 0 aliphatic carbocycles. The molecule has 0 amide bonds. The van der Waals surface area contributed by atoms with Crippen molar-refractivity contribution in [3.63, 3.8) is 0 Å². The predicted octanol–water partition coefficient (Wildman–Crippen LogP) is 1.53. The average molecular weight is 366 g/mol. The summed E-state index contributed by atoms with van der Waals surface area (Å²) in [5.41, 5.74) is 0.945. The molecule has 9 heteroatoms. The molecule has 1 aromatic heterocycles. The van der Waals surface area contributed by atoms with E-state index in [2.05, 4.69) is 10.3 Å². The van der Waals surface area contributed by atoms with Gasteiger partial charge >= 0.3 is 0 Å². The number of thioether (sulfide) groups is 1. The largest absolute Gasteiger partial charge is 0.368 e. The zero-order chi connectivity index (χ0) is 16.7. The van der Waals surface area contributed by atoms with Crippen LogP contribution < -0.4 is 0 Å². The molecule has 7 nitrogen and oxygen atoms in total. The molecule has 0 N–H and O–H groups in total. The van der Waals surface area contributed by atoms with Gasteiger partial charge in [0.25, 0.3) is 0 Å². The van der Waals surface area contributed by atoms with Gasteiger partial charge in [-0.05, 0) is 36.9 Å². The van der Waals surface area contributed by atoms with Gasteiger partial charge in [-0.2, -0.15) is 4.31 Å². The van der Waals surface area contributed by atoms with E-state index in [4.69, 9.17) is 4.74 Å². The summed E-state index contributed by atoms with van der Waals surface area (Å²) in [4.78, 5) is 1.37. The van der Waals surface area contributed by atoms with Gasteiger partial charge in [-0.25, -0.2) is 13.1 Å². The van der Waals surface area contributed by atoms with Gasteiger partial charge in [0.05, 0.1) is 35.5 Å². The van der Waals surface area contributed by atoms with Crippen LogP contribution in [0.3, 0.4) is 0 Å². The molecule has 1 aromatic carbocycles. The first kappa shape index (κ1) is 16.1. The number of aromatic nitrogens is 3. The molecule has 2 unspecified atom stereocenters. The summed E-state index contributed by atoms with van der Waals surface area (Å²) in [5, 5.41) is 8.05. The van der Waals surface area contributed by atoms with E-state index < -0.39 is 10.0 Å². The number of ether oxygens (including phenoxy) is 1. The number of piperidine rings is 1. The third-order valence-electron chi connectivity index (χ3n) is 4.59. The van der Waals surface area contributed by atoms with Crippen LogP contribution in [0, 0.1) is 0 Å². The number of fused-ring (bicyclic) bond motifs is 3. The fraction of sp³-hybridized carbons (Fsp3) is 0.467. The molecule has 2 aromatic rings. The van der Waals surface area contributed by atoms with E-state index in [0.29, 0.717) is 31.0 Å². The van der Waals surface area contributed by atoms with Crippen molar-refractivity contribution in [1.82, 2.24) is 19.3 Å². The first-order chi connectivity index (χ1) is 11.6. The van der Waals surface area contributed by atoms with Crippen LogP contribution in [0.25, 0.3) is 0 Å². The van der Waals surface area contributed by atoms with Gasteiger partial charge in [0, 0.05) is 18.0 Å². The first-order valence-electron chi connectivity index (χ1n) is 7.74. The van der Waals surface area contributed by atoms with E-state index in [1.54, 1.807) is 30.1 Å². The molecule has 0 bridgehead atoms. The molecular formula is C15H18N4O3S2. The lowest BCUT2D eigenvalue weighted by atomic mass is 10.0. The summed E-state index contributed by atoms with van der Waals surface area (Å²) in [6.07, 6.45) is 4.15. The number of nitrogens with zero attached hydrogens (tertiary/aromatic N) is 4. The maximum Gasteiger partial charge on any atom is 0.243 e. The Labute approximate surface area is 145 Å². The summed E-state index contributed by atoms with van der Waals surface area (Å²) < 4.78 is 35.0. The predicted molar refractivity (Wildman–Crippen MR) is 89.2 cm³/mol. The summed E-state index contributed by atoms with van der Waals surface area (Å²) in [5.74, 6) is 0. The standard InChI is InChI=1S/C15H18N4O3S2/c1-23-12-2-4-13(5-3-12)24(20,21)18-7-6-14-15(9-18)22-10-11-8-16-17-19(11)14/h2-5,8,14-15H,6-7,9-10H2,1H3. The average Bonchev–Trinajstić information content (AvgIpc) is 3.10. The van der Waals surface area contributed by atoms with Crippen LogP contribution in [-0.2, 0) is 21.4 Å². The van der Waals surface area contributed by atoms with Crippen LogP contribution in [0.2, 0.25) is 0 Å². The van der Waals surface area contributed by atoms with Gasteiger partial charge in [-0.15, -0.1) is 16.9 Å². The molecule has 1 saturated heterocycles. The Morgan fingerprint density at radius 3 is 2.83 bits per heavy atom. The minimum atomic E-state index is -3.50. The summed E-state index contributed by atoms with van der Waals surface area (Å²) >= 11 is 1.59. The van der Waals surface area contributed by atoms with Gasteiger partial charge in [0.1, 0.15) is 0 Å². The highest BCUT2D eigenvalue weighted by Gasteiger charge is 2.40. The topological polar surface area (TPSA) is 77.3 Å². The minimum Gasteiger partial charge on any atom is -0.368 e. The highest BCUT2D eigenvalue weighted by molar-refractivity contribution is 7.98. The van der Waals surface area contributed by atoms with Gasteiger partial charge in [-0.1, -0.05) is 5.21 Å². The number of sulfonamides is 1. The van der Waals surface area contributed by atoms with E-state index >= 15 is 0 Å². The maximum atomic E-state index is 12.9. The smallest absolute Gasteiger partial charge is 0.243 e. The molecule has 0 saturated carbocycles. The van der Waals surface area contributed by atoms with Crippen LogP contribution in [0.15, 0.2) is 40.3 Å². The molecule has 4 rings (SSSR count). The second-order valence-corrected chi connectivity index (χ2v) is 8.73. The van der Waals surface area contributed by atoms with Crippen LogP contribution in [-0.4, -0.2) is 53.2 Å². The quantitative estimate of drug-likeness (QED) is 0.767. The molecule has 1 fully saturated rings. The van der Waals surface area contributed by atoms with Crippen molar-refractivity contribution in [2.45, 2.75) is 35.0 Å². The lowest BCUT2D eigenvalue weighted by Gasteiger charge is -2.40. The number of benzene rings is 1. The lowest BCUT2D eigenvalue weighted by Crippen LogP contribution is -2.50. The molecule has 128 valence electrons. The lowest BCUT2D eigenvalue weighted by molar-refractivity contribution is -0.0543. The Kier molecular flexibility index (Phi) is 4.11. The fourth-order valence-electron chi connectivity index (χ4n) is 3.27. The summed E-state index contributed by atoms with van der Waals surface area (Å²) in [6.45, 7) is 1.22. The van der Waals surface area contributed by atoms with Crippen molar-refractivity contribution in [2.75, 3.05) is 19.3 Å². The molecule has 3 heterocycles. The minimum absolute atomic E-state index is 0.0570. The molecule has 2 atom stereocenters. The van der Waals surface area contributed by atoms with Crippen molar-refractivity contribution in [2.24, 2.45) is 0 Å². The Morgan fingerprint density at radius 2 is 2.08 bits per heavy atom. The fourth-order valence-corrected chi connectivity index (χ4v) is 5.15. The van der Waals surface area contributed by atoms with Crippen LogP contribution in [0.1, 0.15) is 18.2 Å². The molecular weight excluding hydrogens is 348 g/mol. The molecule has 0 radical (unpaired) electrons. The second kappa shape index (κ2) is 6.14. The first-order valence-corrected chi connectivity index (χ1v) is 10.4. The second-order valence-electron chi connectivity index (χ2n) is 5.91. The normalized spacial score (nSPS) is 24.4. The van der Waals surface area contributed by atoms with Crippen LogP contribution in [0.4, 0.5) is 0 Å². The van der Waals surface area contributed by atoms with Crippen LogP contribution >= 0.6 is 11.8 Å². The van der Waals surface area contributed by atoms with Gasteiger partial charge in [0.2, 0.25) is 10.0 Å². The van der Waals surface area contributed by atoms with Gasteiger partial charge < -0.3 is 4.74 Å². The van der Waals surface area contributed by atoms with Crippen molar-refractivity contribution < 1.29 is 13.2 Å². The summed E-state index contributed by atoms with van der Waals surface area (Å²) in [7, 11) is -3.50. The Balaban J connectivity index is 1.56. The number of rotatable bonds is 3. The van der Waals surface area contributed by atoms with E-state index in [1.165, 1.54) is 4.31 Å². The van der Waals surface area contributed by atoms with Gasteiger partial charge in [-0.3, -0.25) is 0 Å². The monoisotopic (exact) mass is 366 g/mol. The van der Waals surface area contributed by atoms with Crippen molar-refractivity contribution >= 4 is 21.8 Å². The Hall–Kier alpha value is -1.42. The molecule has 24 heavy (non-hydrogen) atoms. The van der Waals surface area contributed by atoms with E-state index in [0.717, 1.165) is 10.6 Å². The van der Waals surface area contributed by atoms with Crippen LogP contribution in [0.5, 0.6) is 0 Å². The summed E-state index contributed by atoms with van der Waals surface area (Å²) in [6, 6.07) is 7.07. The highest BCUT2D eigenvalue weighted by Crippen LogP contribution is 2.33. The zero-order valence-electron chi connectivity index (χ0n) is 13.2. The Morgan fingerprint density at radius 1 is 1.29 bits per heavy atom. The number of hydrogen-bond acceptors (Lipinski definition) is 6. The third kappa shape index (κ3) is 2.65. The van der Waals surface area contributed by atoms with Crippen molar-refractivity contribution in [3.8, 4) is 0 Å². The maximum absolute atomic E-state index is 12.9. The molecule has 0 spiro atoms. The van der Waals surface area contributed by atoms with E-state index in [1.807, 2.05) is 23.1 Å². The van der Waals surface area contributed by atoms with E-state index in [9.17, 15) is 8.42 Å².